The molecule has 1 aliphatic heterocycles. The third-order valence-electron chi connectivity index (χ3n) is 5.67. The second-order valence-electron chi connectivity index (χ2n) is 7.54. The van der Waals surface area contributed by atoms with Crippen LogP contribution in [0.1, 0.15) is 35.8 Å². The normalized spacial score (nSPS) is 25.5. The number of rotatable bonds is 4. The molecule has 0 saturated carbocycles. The summed E-state index contributed by atoms with van der Waals surface area (Å²) in [6.07, 6.45) is -5.63. The standard InChI is InChI=1S/C20H18F5N3O4/c1-8-13(10-3-4-11(21)14(22)15(10)29)16(32-19(8,2)20(23,24)25)18(31)28-9-5-6-27-12(7-9)17(26)30/h3-8,13,16,29H,1-2H3,(H2,26,30)(H,27,28,31)/t8-,13+,16-,19-/m1/s1. The van der Waals surface area contributed by atoms with E-state index in [4.69, 9.17) is 10.5 Å². The van der Waals surface area contributed by atoms with E-state index in [2.05, 4.69) is 10.3 Å². The van der Waals surface area contributed by atoms with Crippen LogP contribution in [0.25, 0.3) is 0 Å². The first-order chi connectivity index (χ1) is 14.8. The quantitative estimate of drug-likeness (QED) is 0.608. The lowest BCUT2D eigenvalue weighted by Crippen LogP contribution is -2.47. The van der Waals surface area contributed by atoms with Gasteiger partial charge >= 0.3 is 6.18 Å². The fraction of sp³-hybridized carbons (Fsp3) is 0.350. The summed E-state index contributed by atoms with van der Waals surface area (Å²) in [6.45, 7) is 1.86. The van der Waals surface area contributed by atoms with Crippen molar-refractivity contribution < 1.29 is 41.4 Å². The number of anilines is 1. The molecule has 2 amide bonds. The topological polar surface area (TPSA) is 115 Å². The number of aromatic hydroxyl groups is 1. The molecule has 172 valence electrons. The Bertz CT molecular complexity index is 1080. The van der Waals surface area contributed by atoms with Gasteiger partial charge in [-0.15, -0.1) is 0 Å². The summed E-state index contributed by atoms with van der Waals surface area (Å²) < 4.78 is 74.0. The fourth-order valence-electron chi connectivity index (χ4n) is 3.70. The Morgan fingerprint density at radius 2 is 1.91 bits per heavy atom. The summed E-state index contributed by atoms with van der Waals surface area (Å²) in [7, 11) is 0. The monoisotopic (exact) mass is 459 g/mol. The second kappa shape index (κ2) is 8.01. The van der Waals surface area contributed by atoms with Crippen LogP contribution in [0, 0.1) is 17.6 Å². The summed E-state index contributed by atoms with van der Waals surface area (Å²) in [4.78, 5) is 27.9. The Hall–Kier alpha value is -3.28. The number of carbonyl (C=O) groups excluding carboxylic acids is 2. The SMILES string of the molecule is C[C@@H]1[C@@H](c2ccc(F)c(F)c2O)[C@H](C(=O)Nc2ccnc(C(N)=O)c2)O[C@@]1(C)C(F)(F)F. The van der Waals surface area contributed by atoms with Gasteiger partial charge in [0, 0.05) is 29.3 Å². The van der Waals surface area contributed by atoms with Gasteiger partial charge in [-0.1, -0.05) is 13.0 Å². The predicted octanol–water partition coefficient (Wildman–Crippen LogP) is 3.24. The molecule has 0 unspecified atom stereocenters. The Kier molecular flexibility index (Phi) is 5.85. The molecule has 3 rings (SSSR count). The highest BCUT2D eigenvalue weighted by Gasteiger charge is 2.65. The molecule has 1 saturated heterocycles. The zero-order chi connectivity index (χ0) is 24.0. The minimum absolute atomic E-state index is 0.0103. The first-order valence-corrected chi connectivity index (χ1v) is 9.26. The molecule has 0 aliphatic carbocycles. The molecule has 4 N–H and O–H groups in total. The number of ether oxygens (including phenoxy) is 1. The Balaban J connectivity index is 2.05. The number of phenolic OH excluding ortho intramolecular Hbond substituents is 1. The van der Waals surface area contributed by atoms with Crippen LogP contribution in [0.2, 0.25) is 0 Å². The van der Waals surface area contributed by atoms with Crippen LogP contribution in [0.5, 0.6) is 5.75 Å². The molecular formula is C20H18F5N3O4. The van der Waals surface area contributed by atoms with E-state index in [9.17, 15) is 36.6 Å². The molecular weight excluding hydrogens is 441 g/mol. The molecule has 0 radical (unpaired) electrons. The lowest BCUT2D eigenvalue weighted by Gasteiger charge is -2.31. The first-order valence-electron chi connectivity index (χ1n) is 9.26. The number of primary amides is 1. The van der Waals surface area contributed by atoms with E-state index < -0.39 is 64.5 Å². The van der Waals surface area contributed by atoms with Gasteiger partial charge in [-0.25, -0.2) is 4.39 Å². The zero-order valence-electron chi connectivity index (χ0n) is 16.7. The van der Waals surface area contributed by atoms with E-state index in [1.165, 1.54) is 6.07 Å². The van der Waals surface area contributed by atoms with Crippen molar-refractivity contribution in [3.05, 3.63) is 53.4 Å². The summed E-state index contributed by atoms with van der Waals surface area (Å²) in [5.74, 6) is -9.22. The molecule has 32 heavy (non-hydrogen) atoms. The molecule has 0 bridgehead atoms. The number of hydrogen-bond acceptors (Lipinski definition) is 5. The lowest BCUT2D eigenvalue weighted by atomic mass is 9.77. The van der Waals surface area contributed by atoms with Crippen LogP contribution in [-0.4, -0.2) is 39.8 Å². The smallest absolute Gasteiger partial charge is 0.417 e. The van der Waals surface area contributed by atoms with Crippen molar-refractivity contribution in [2.45, 2.75) is 37.6 Å². The van der Waals surface area contributed by atoms with Gasteiger partial charge in [0.2, 0.25) is 5.82 Å². The van der Waals surface area contributed by atoms with Gasteiger partial charge in [0.15, 0.2) is 17.2 Å². The highest BCUT2D eigenvalue weighted by Crippen LogP contribution is 2.54. The summed E-state index contributed by atoms with van der Waals surface area (Å²) in [5, 5.41) is 12.4. The number of nitrogens with one attached hydrogen (secondary N) is 1. The number of nitrogens with zero attached hydrogens (tertiary/aromatic N) is 1. The molecule has 12 heteroatoms. The summed E-state index contributed by atoms with van der Waals surface area (Å²) in [5.41, 5.74) is 1.64. The van der Waals surface area contributed by atoms with Gasteiger partial charge in [-0.2, -0.15) is 17.6 Å². The van der Waals surface area contributed by atoms with Crippen LogP contribution in [0.3, 0.4) is 0 Å². The van der Waals surface area contributed by atoms with E-state index in [0.29, 0.717) is 6.07 Å². The number of carbonyl (C=O) groups is 2. The zero-order valence-corrected chi connectivity index (χ0v) is 16.7. The molecule has 4 atom stereocenters. The van der Waals surface area contributed by atoms with Gasteiger partial charge < -0.3 is 20.9 Å². The molecule has 1 aromatic heterocycles. The summed E-state index contributed by atoms with van der Waals surface area (Å²) >= 11 is 0. The average molecular weight is 459 g/mol. The Morgan fingerprint density at radius 1 is 1.25 bits per heavy atom. The maximum absolute atomic E-state index is 14.0. The molecule has 7 nitrogen and oxygen atoms in total. The van der Waals surface area contributed by atoms with Gasteiger partial charge in [0.1, 0.15) is 11.8 Å². The molecule has 1 aromatic carbocycles. The fourth-order valence-corrected chi connectivity index (χ4v) is 3.70. The van der Waals surface area contributed by atoms with Crippen LogP contribution < -0.4 is 11.1 Å². The maximum Gasteiger partial charge on any atom is 0.417 e. The molecule has 2 heterocycles. The molecule has 1 fully saturated rings. The Labute approximate surface area is 178 Å². The lowest BCUT2D eigenvalue weighted by molar-refractivity contribution is -0.272. The highest BCUT2D eigenvalue weighted by atomic mass is 19.4. The van der Waals surface area contributed by atoms with Crippen molar-refractivity contribution in [3.8, 4) is 5.75 Å². The van der Waals surface area contributed by atoms with Crippen molar-refractivity contribution in [1.82, 2.24) is 4.98 Å². The van der Waals surface area contributed by atoms with E-state index in [0.717, 1.165) is 32.2 Å². The van der Waals surface area contributed by atoms with Crippen LogP contribution in [0.4, 0.5) is 27.6 Å². The molecule has 2 aromatic rings. The Morgan fingerprint density at radius 3 is 2.50 bits per heavy atom. The van der Waals surface area contributed by atoms with Gasteiger partial charge in [-0.05, 0) is 25.1 Å². The van der Waals surface area contributed by atoms with Crippen LogP contribution in [0.15, 0.2) is 30.5 Å². The third kappa shape index (κ3) is 3.85. The predicted molar refractivity (Wildman–Crippen MR) is 101 cm³/mol. The molecule has 1 aliphatic rings. The van der Waals surface area contributed by atoms with E-state index in [1.807, 2.05) is 0 Å². The van der Waals surface area contributed by atoms with Crippen molar-refractivity contribution in [2.24, 2.45) is 11.7 Å². The highest BCUT2D eigenvalue weighted by molar-refractivity contribution is 5.97. The maximum atomic E-state index is 14.0. The number of benzene rings is 1. The van der Waals surface area contributed by atoms with Gasteiger partial charge in [0.05, 0.1) is 0 Å². The number of amides is 2. The van der Waals surface area contributed by atoms with Gasteiger partial charge in [0.25, 0.3) is 11.8 Å². The average Bonchev–Trinajstić information content (AvgIpc) is 2.99. The minimum Gasteiger partial charge on any atom is -0.505 e. The number of phenols is 1. The summed E-state index contributed by atoms with van der Waals surface area (Å²) in [6, 6.07) is 3.90. The first kappa shape index (κ1) is 23.4. The molecule has 0 spiro atoms. The number of alkyl halides is 3. The van der Waals surface area contributed by atoms with Crippen molar-refractivity contribution in [3.63, 3.8) is 0 Å². The van der Waals surface area contributed by atoms with Gasteiger partial charge in [-0.3, -0.25) is 14.6 Å². The number of hydrogen-bond donors (Lipinski definition) is 3. The number of halogens is 5. The van der Waals surface area contributed by atoms with E-state index in [1.54, 1.807) is 0 Å². The number of nitrogens with two attached hydrogens (primary N) is 1. The largest absolute Gasteiger partial charge is 0.505 e. The number of aromatic nitrogens is 1. The van der Waals surface area contributed by atoms with Crippen molar-refractivity contribution >= 4 is 17.5 Å². The van der Waals surface area contributed by atoms with E-state index in [-0.39, 0.29) is 11.4 Å². The van der Waals surface area contributed by atoms with Crippen molar-refractivity contribution in [2.75, 3.05) is 5.32 Å². The van der Waals surface area contributed by atoms with Crippen LogP contribution in [-0.2, 0) is 9.53 Å². The van der Waals surface area contributed by atoms with Crippen molar-refractivity contribution in [1.29, 1.82) is 0 Å². The number of pyridine rings is 1. The van der Waals surface area contributed by atoms with E-state index >= 15 is 0 Å². The second-order valence-corrected chi connectivity index (χ2v) is 7.54. The minimum atomic E-state index is -4.93. The van der Waals surface area contributed by atoms with Crippen LogP contribution >= 0.6 is 0 Å². The third-order valence-corrected chi connectivity index (χ3v) is 5.67.